The number of nitrogens with zero attached hydrogens (tertiary/aromatic N) is 5. The summed E-state index contributed by atoms with van der Waals surface area (Å²) in [6, 6.07) is 3.80. The molecule has 0 radical (unpaired) electrons. The molecular formula is C13H13N7S. The molecule has 0 fully saturated rings. The molecule has 7 nitrogen and oxygen atoms in total. The lowest BCUT2D eigenvalue weighted by molar-refractivity contribution is 1.11. The van der Waals surface area contributed by atoms with E-state index in [4.69, 9.17) is 11.5 Å². The van der Waals surface area contributed by atoms with Gasteiger partial charge in [-0.2, -0.15) is 5.10 Å². The fourth-order valence-corrected chi connectivity index (χ4v) is 2.89. The van der Waals surface area contributed by atoms with Crippen LogP contribution in [-0.2, 0) is 0 Å². The van der Waals surface area contributed by atoms with Crippen LogP contribution in [0.3, 0.4) is 0 Å². The highest BCUT2D eigenvalue weighted by atomic mass is 32.1. The largest absolute Gasteiger partial charge is 0.369 e. The van der Waals surface area contributed by atoms with Gasteiger partial charge in [0.25, 0.3) is 0 Å². The van der Waals surface area contributed by atoms with Gasteiger partial charge in [-0.05, 0) is 19.1 Å². The lowest BCUT2D eigenvalue weighted by Crippen LogP contribution is -2.21. The minimum Gasteiger partial charge on any atom is -0.369 e. The van der Waals surface area contributed by atoms with E-state index >= 15 is 0 Å². The Bertz CT molecular complexity index is 825. The first-order valence-corrected chi connectivity index (χ1v) is 7.03. The molecule has 21 heavy (non-hydrogen) atoms. The number of thiazole rings is 1. The van der Waals surface area contributed by atoms with E-state index in [9.17, 15) is 0 Å². The summed E-state index contributed by atoms with van der Waals surface area (Å²) in [4.78, 5) is 9.57. The summed E-state index contributed by atoms with van der Waals surface area (Å²) < 4.78 is 2.02. The Morgan fingerprint density at radius 2 is 2.10 bits per heavy atom. The molecule has 0 aromatic carbocycles. The van der Waals surface area contributed by atoms with Crippen molar-refractivity contribution in [3.63, 3.8) is 0 Å². The highest BCUT2D eigenvalue weighted by molar-refractivity contribution is 7.15. The van der Waals surface area contributed by atoms with Crippen molar-refractivity contribution in [3.8, 4) is 11.3 Å². The van der Waals surface area contributed by atoms with Crippen molar-refractivity contribution in [3.05, 3.63) is 41.3 Å². The molecule has 0 unspecified atom stereocenters. The number of hydrogen-bond donors (Lipinski definition) is 2. The minimum absolute atomic E-state index is 0.0838. The summed E-state index contributed by atoms with van der Waals surface area (Å²) in [7, 11) is 0. The molecule has 3 aromatic rings. The average Bonchev–Trinajstić information content (AvgIpc) is 3.01. The Morgan fingerprint density at radius 1 is 1.33 bits per heavy atom. The fourth-order valence-electron chi connectivity index (χ4n) is 2.01. The molecule has 3 heterocycles. The van der Waals surface area contributed by atoms with Crippen LogP contribution in [0.15, 0.2) is 40.1 Å². The average molecular weight is 299 g/mol. The molecule has 3 rings (SSSR count). The predicted molar refractivity (Wildman–Crippen MR) is 84.4 cm³/mol. The first kappa shape index (κ1) is 13.3. The second kappa shape index (κ2) is 5.33. The topological polar surface area (TPSA) is 107 Å². The lowest BCUT2D eigenvalue weighted by atomic mass is 10.1. The summed E-state index contributed by atoms with van der Waals surface area (Å²) >= 11 is 1.57. The highest BCUT2D eigenvalue weighted by Gasteiger charge is 2.15. The van der Waals surface area contributed by atoms with E-state index in [0.717, 1.165) is 27.6 Å². The van der Waals surface area contributed by atoms with Crippen LogP contribution in [0, 0.1) is 6.92 Å². The van der Waals surface area contributed by atoms with Gasteiger partial charge in [0.05, 0.1) is 17.6 Å². The number of hydrogen-bond acceptors (Lipinski definition) is 5. The van der Waals surface area contributed by atoms with Crippen LogP contribution in [0.25, 0.3) is 16.2 Å². The van der Waals surface area contributed by atoms with Crippen molar-refractivity contribution >= 4 is 28.5 Å². The van der Waals surface area contributed by atoms with Crippen LogP contribution in [-0.4, -0.2) is 26.5 Å². The van der Waals surface area contributed by atoms with Crippen molar-refractivity contribution < 1.29 is 0 Å². The van der Waals surface area contributed by atoms with E-state index < -0.39 is 0 Å². The Labute approximate surface area is 124 Å². The van der Waals surface area contributed by atoms with Crippen molar-refractivity contribution in [1.29, 1.82) is 0 Å². The fraction of sp³-hybridized carbons (Fsp3) is 0.0769. The molecule has 3 aromatic heterocycles. The van der Waals surface area contributed by atoms with Gasteiger partial charge in [0.2, 0.25) is 5.96 Å². The molecule has 4 N–H and O–H groups in total. The van der Waals surface area contributed by atoms with Crippen LogP contribution in [0.4, 0.5) is 0 Å². The summed E-state index contributed by atoms with van der Waals surface area (Å²) in [6.45, 7) is 2.01. The number of imidazole rings is 1. The Morgan fingerprint density at radius 3 is 2.81 bits per heavy atom. The minimum atomic E-state index is -0.0838. The van der Waals surface area contributed by atoms with Crippen molar-refractivity contribution in [2.45, 2.75) is 6.92 Å². The molecule has 0 atom stereocenters. The van der Waals surface area contributed by atoms with Gasteiger partial charge in [0.15, 0.2) is 4.96 Å². The molecule has 8 heteroatoms. The summed E-state index contributed by atoms with van der Waals surface area (Å²) in [5.41, 5.74) is 14.3. The van der Waals surface area contributed by atoms with Crippen LogP contribution >= 0.6 is 11.3 Å². The molecular weight excluding hydrogens is 286 g/mol. The third-order valence-corrected chi connectivity index (χ3v) is 3.82. The maximum absolute atomic E-state index is 5.29. The zero-order chi connectivity index (χ0) is 14.8. The Balaban J connectivity index is 2.20. The number of aryl methyl sites for hydroxylation is 1. The summed E-state index contributed by atoms with van der Waals surface area (Å²) in [6.07, 6.45) is 5.06. The number of fused-ring (bicyclic) bond motifs is 1. The smallest absolute Gasteiger partial charge is 0.211 e. The predicted octanol–water partition coefficient (Wildman–Crippen LogP) is 1.37. The highest BCUT2D eigenvalue weighted by Crippen LogP contribution is 2.26. The van der Waals surface area contributed by atoms with E-state index in [1.54, 1.807) is 29.9 Å². The molecule has 0 saturated heterocycles. The number of nitrogens with two attached hydrogens (primary N) is 2. The van der Waals surface area contributed by atoms with Gasteiger partial charge in [0, 0.05) is 29.0 Å². The second-order valence-corrected chi connectivity index (χ2v) is 5.18. The van der Waals surface area contributed by atoms with Crippen molar-refractivity contribution in [2.75, 3.05) is 0 Å². The van der Waals surface area contributed by atoms with Crippen LogP contribution in [0.2, 0.25) is 0 Å². The summed E-state index contributed by atoms with van der Waals surface area (Å²) in [5.74, 6) is -0.0838. The van der Waals surface area contributed by atoms with E-state index in [1.807, 2.05) is 28.8 Å². The quantitative estimate of drug-likeness (QED) is 0.432. The first-order chi connectivity index (χ1) is 10.2. The lowest BCUT2D eigenvalue weighted by Gasteiger charge is -1.99. The van der Waals surface area contributed by atoms with Gasteiger partial charge in [0.1, 0.15) is 0 Å². The zero-order valence-corrected chi connectivity index (χ0v) is 12.1. The molecule has 0 bridgehead atoms. The van der Waals surface area contributed by atoms with Crippen molar-refractivity contribution in [1.82, 2.24) is 14.4 Å². The van der Waals surface area contributed by atoms with E-state index in [2.05, 4.69) is 20.2 Å². The maximum Gasteiger partial charge on any atom is 0.211 e. The third kappa shape index (κ3) is 2.48. The van der Waals surface area contributed by atoms with Gasteiger partial charge in [-0.25, -0.2) is 4.98 Å². The van der Waals surface area contributed by atoms with Crippen LogP contribution in [0.1, 0.15) is 11.4 Å². The van der Waals surface area contributed by atoms with Gasteiger partial charge in [-0.3, -0.25) is 9.38 Å². The van der Waals surface area contributed by atoms with Crippen LogP contribution < -0.4 is 11.5 Å². The van der Waals surface area contributed by atoms with Gasteiger partial charge in [-0.15, -0.1) is 16.4 Å². The standard InChI is InChI=1S/C13H13N7S/c1-8-7-21-13-18-11(9-2-4-16-5-3-9)10(20(8)13)6-17-19-12(14)15/h2-7H,1H3,(H4,14,15,19)/b17-6+. The van der Waals surface area contributed by atoms with Gasteiger partial charge < -0.3 is 11.5 Å². The number of rotatable bonds is 3. The molecule has 106 valence electrons. The van der Waals surface area contributed by atoms with Crippen molar-refractivity contribution in [2.24, 2.45) is 21.7 Å². The molecule has 0 aliphatic carbocycles. The number of pyridine rings is 1. The maximum atomic E-state index is 5.29. The van der Waals surface area contributed by atoms with E-state index in [1.165, 1.54) is 0 Å². The molecule has 0 aliphatic rings. The SMILES string of the molecule is Cc1csc2nc(-c3ccncc3)c(/C=N/N=C(N)N)n12. The monoisotopic (exact) mass is 299 g/mol. The Kier molecular flexibility index (Phi) is 3.36. The number of aromatic nitrogens is 3. The second-order valence-electron chi connectivity index (χ2n) is 4.35. The van der Waals surface area contributed by atoms with E-state index in [-0.39, 0.29) is 5.96 Å². The Hall–Kier alpha value is -2.74. The van der Waals surface area contributed by atoms with Gasteiger partial charge in [-0.1, -0.05) is 0 Å². The van der Waals surface area contributed by atoms with E-state index in [0.29, 0.717) is 0 Å². The first-order valence-electron chi connectivity index (χ1n) is 6.15. The molecule has 0 saturated carbocycles. The third-order valence-electron chi connectivity index (χ3n) is 2.88. The molecule has 0 amide bonds. The number of guanidine groups is 1. The summed E-state index contributed by atoms with van der Waals surface area (Å²) in [5, 5.41) is 9.60. The normalized spacial score (nSPS) is 11.3. The van der Waals surface area contributed by atoms with Crippen LogP contribution in [0.5, 0.6) is 0 Å². The van der Waals surface area contributed by atoms with Gasteiger partial charge >= 0.3 is 0 Å². The molecule has 0 aliphatic heterocycles. The molecule has 0 spiro atoms. The zero-order valence-electron chi connectivity index (χ0n) is 11.3.